The molecule has 6 nitrogen and oxygen atoms in total. The highest BCUT2D eigenvalue weighted by Gasteiger charge is 2.06. The predicted molar refractivity (Wildman–Crippen MR) is 101 cm³/mol. The van der Waals surface area contributed by atoms with Gasteiger partial charge < -0.3 is 9.88 Å². The SMILES string of the molecule is Cn1cnnc1-c1cncc(NCc2cccc(-c3ccccn3)c2)c1. The summed E-state index contributed by atoms with van der Waals surface area (Å²) in [5.41, 5.74) is 5.12. The van der Waals surface area contributed by atoms with Crippen LogP contribution in [0.15, 0.2) is 73.4 Å². The van der Waals surface area contributed by atoms with Crippen molar-refractivity contribution < 1.29 is 0 Å². The normalized spacial score (nSPS) is 10.7. The van der Waals surface area contributed by atoms with Crippen LogP contribution in [0.4, 0.5) is 5.69 Å². The van der Waals surface area contributed by atoms with Crippen LogP contribution in [0.5, 0.6) is 0 Å². The van der Waals surface area contributed by atoms with Crippen molar-refractivity contribution in [2.45, 2.75) is 6.54 Å². The maximum Gasteiger partial charge on any atom is 0.165 e. The largest absolute Gasteiger partial charge is 0.380 e. The van der Waals surface area contributed by atoms with Crippen molar-refractivity contribution in [1.29, 1.82) is 0 Å². The van der Waals surface area contributed by atoms with Gasteiger partial charge in [0.1, 0.15) is 6.33 Å². The Morgan fingerprint density at radius 3 is 2.77 bits per heavy atom. The van der Waals surface area contributed by atoms with Crippen molar-refractivity contribution in [2.75, 3.05) is 5.32 Å². The predicted octanol–water partition coefficient (Wildman–Crippen LogP) is 3.55. The summed E-state index contributed by atoms with van der Waals surface area (Å²) in [4.78, 5) is 8.72. The van der Waals surface area contributed by atoms with Gasteiger partial charge in [-0.25, -0.2) is 0 Å². The summed E-state index contributed by atoms with van der Waals surface area (Å²) < 4.78 is 1.87. The van der Waals surface area contributed by atoms with Crippen molar-refractivity contribution in [2.24, 2.45) is 7.05 Å². The van der Waals surface area contributed by atoms with Gasteiger partial charge in [0.2, 0.25) is 0 Å². The Kier molecular flexibility index (Phi) is 4.38. The first-order chi connectivity index (χ1) is 12.8. The Labute approximate surface area is 151 Å². The molecule has 0 bridgehead atoms. The number of anilines is 1. The van der Waals surface area contributed by atoms with E-state index in [0.717, 1.165) is 28.3 Å². The zero-order valence-corrected chi connectivity index (χ0v) is 14.4. The third-order valence-electron chi connectivity index (χ3n) is 4.09. The van der Waals surface area contributed by atoms with E-state index in [4.69, 9.17) is 0 Å². The minimum Gasteiger partial charge on any atom is -0.380 e. The number of pyridine rings is 2. The van der Waals surface area contributed by atoms with Crippen molar-refractivity contribution in [3.63, 3.8) is 0 Å². The molecule has 0 fully saturated rings. The second-order valence-corrected chi connectivity index (χ2v) is 6.00. The summed E-state index contributed by atoms with van der Waals surface area (Å²) in [6.07, 6.45) is 7.09. The Bertz CT molecular complexity index is 1010. The molecule has 0 aliphatic rings. The van der Waals surface area contributed by atoms with Crippen molar-refractivity contribution in [1.82, 2.24) is 24.7 Å². The molecular weight excluding hydrogens is 324 g/mol. The lowest BCUT2D eigenvalue weighted by atomic mass is 10.1. The summed E-state index contributed by atoms with van der Waals surface area (Å²) in [6, 6.07) is 16.3. The number of aromatic nitrogens is 5. The minimum absolute atomic E-state index is 0.699. The van der Waals surface area contributed by atoms with Crippen LogP contribution in [0.2, 0.25) is 0 Å². The maximum atomic E-state index is 4.41. The Balaban J connectivity index is 1.51. The molecule has 26 heavy (non-hydrogen) atoms. The number of benzene rings is 1. The summed E-state index contributed by atoms with van der Waals surface area (Å²) in [5, 5.41) is 11.5. The third kappa shape index (κ3) is 3.44. The second kappa shape index (κ2) is 7.14. The van der Waals surface area contributed by atoms with Crippen LogP contribution < -0.4 is 5.32 Å². The highest BCUT2D eigenvalue weighted by atomic mass is 15.2. The molecule has 0 aliphatic heterocycles. The van der Waals surface area contributed by atoms with Crippen LogP contribution in [0.1, 0.15) is 5.56 Å². The molecule has 0 unspecified atom stereocenters. The molecule has 128 valence electrons. The van der Waals surface area contributed by atoms with Crippen molar-refractivity contribution in [3.8, 4) is 22.6 Å². The molecule has 1 N–H and O–H groups in total. The zero-order valence-electron chi connectivity index (χ0n) is 14.4. The van der Waals surface area contributed by atoms with Gasteiger partial charge in [-0.2, -0.15) is 0 Å². The second-order valence-electron chi connectivity index (χ2n) is 6.00. The van der Waals surface area contributed by atoms with E-state index in [1.54, 1.807) is 12.5 Å². The number of hydrogen-bond acceptors (Lipinski definition) is 5. The van der Waals surface area contributed by atoms with Gasteiger partial charge in [-0.1, -0.05) is 24.3 Å². The molecule has 0 radical (unpaired) electrons. The summed E-state index contributed by atoms with van der Waals surface area (Å²) in [6.45, 7) is 0.699. The Hall–Kier alpha value is -3.54. The van der Waals surface area contributed by atoms with Gasteiger partial charge in [-0.3, -0.25) is 9.97 Å². The van der Waals surface area contributed by atoms with Gasteiger partial charge in [0.25, 0.3) is 0 Å². The van der Waals surface area contributed by atoms with E-state index in [1.807, 2.05) is 48.3 Å². The quantitative estimate of drug-likeness (QED) is 0.601. The van der Waals surface area contributed by atoms with Crippen LogP contribution in [0.3, 0.4) is 0 Å². The first kappa shape index (κ1) is 16.0. The van der Waals surface area contributed by atoms with Crippen LogP contribution >= 0.6 is 0 Å². The number of nitrogens with one attached hydrogen (secondary N) is 1. The standard InChI is InChI=1S/C20H18N6/c1-26-14-24-25-20(26)17-10-18(13-21-12-17)23-11-15-5-4-6-16(9-15)19-7-2-3-8-22-19/h2-10,12-14,23H,11H2,1H3. The van der Waals surface area contributed by atoms with E-state index in [2.05, 4.69) is 49.7 Å². The van der Waals surface area contributed by atoms with Crippen molar-refractivity contribution in [3.05, 3.63) is 79.0 Å². The van der Waals surface area contributed by atoms with Gasteiger partial charge in [0.05, 0.1) is 11.4 Å². The Morgan fingerprint density at radius 2 is 1.96 bits per heavy atom. The topological polar surface area (TPSA) is 68.5 Å². The highest BCUT2D eigenvalue weighted by molar-refractivity contribution is 5.62. The molecule has 0 atom stereocenters. The monoisotopic (exact) mass is 342 g/mol. The zero-order chi connectivity index (χ0) is 17.8. The molecule has 0 aliphatic carbocycles. The summed E-state index contributed by atoms with van der Waals surface area (Å²) in [5.74, 6) is 0.790. The van der Waals surface area contributed by atoms with Crippen LogP contribution in [0.25, 0.3) is 22.6 Å². The van der Waals surface area contributed by atoms with Crippen LogP contribution in [0, 0.1) is 0 Å². The van der Waals surface area contributed by atoms with Crippen molar-refractivity contribution >= 4 is 5.69 Å². The molecule has 0 spiro atoms. The molecule has 3 heterocycles. The number of rotatable bonds is 5. The van der Waals surface area contributed by atoms with E-state index in [9.17, 15) is 0 Å². The van der Waals surface area contributed by atoms with E-state index < -0.39 is 0 Å². The van der Waals surface area contributed by atoms with E-state index in [-0.39, 0.29) is 0 Å². The highest BCUT2D eigenvalue weighted by Crippen LogP contribution is 2.21. The fourth-order valence-electron chi connectivity index (χ4n) is 2.78. The molecule has 0 saturated heterocycles. The molecule has 1 aromatic carbocycles. The molecular formula is C20H18N6. The molecule has 0 amide bonds. The lowest BCUT2D eigenvalue weighted by Crippen LogP contribution is -2.01. The van der Waals surface area contributed by atoms with E-state index in [0.29, 0.717) is 6.54 Å². The van der Waals surface area contributed by atoms with Gasteiger partial charge >= 0.3 is 0 Å². The minimum atomic E-state index is 0.699. The first-order valence-electron chi connectivity index (χ1n) is 8.33. The fourth-order valence-corrected chi connectivity index (χ4v) is 2.78. The third-order valence-corrected chi connectivity index (χ3v) is 4.09. The molecule has 6 heteroatoms. The first-order valence-corrected chi connectivity index (χ1v) is 8.33. The van der Waals surface area contributed by atoms with Gasteiger partial charge in [-0.15, -0.1) is 10.2 Å². The molecule has 3 aromatic heterocycles. The number of aryl methyl sites for hydroxylation is 1. The van der Waals surface area contributed by atoms with E-state index >= 15 is 0 Å². The summed E-state index contributed by atoms with van der Waals surface area (Å²) in [7, 11) is 1.92. The molecule has 0 saturated carbocycles. The Morgan fingerprint density at radius 1 is 1.00 bits per heavy atom. The van der Waals surface area contributed by atoms with Gasteiger partial charge in [0, 0.05) is 43.3 Å². The maximum absolute atomic E-state index is 4.41. The molecule has 4 aromatic rings. The average Bonchev–Trinajstić information content (AvgIpc) is 3.13. The van der Waals surface area contributed by atoms with Crippen LogP contribution in [-0.4, -0.2) is 24.7 Å². The van der Waals surface area contributed by atoms with Crippen LogP contribution in [-0.2, 0) is 13.6 Å². The molecule has 4 rings (SSSR count). The summed E-state index contributed by atoms with van der Waals surface area (Å²) >= 11 is 0. The number of nitrogens with zero attached hydrogens (tertiary/aromatic N) is 5. The lowest BCUT2D eigenvalue weighted by molar-refractivity contribution is 0.918. The van der Waals surface area contributed by atoms with E-state index in [1.165, 1.54) is 5.56 Å². The lowest BCUT2D eigenvalue weighted by Gasteiger charge is -2.09. The average molecular weight is 342 g/mol. The van der Waals surface area contributed by atoms with Gasteiger partial charge in [-0.05, 0) is 29.8 Å². The fraction of sp³-hybridized carbons (Fsp3) is 0.100. The smallest absolute Gasteiger partial charge is 0.165 e. The van der Waals surface area contributed by atoms with Gasteiger partial charge in [0.15, 0.2) is 5.82 Å². The number of hydrogen-bond donors (Lipinski definition) is 1.